The molecule has 1 rings (SSSR count). The summed E-state index contributed by atoms with van der Waals surface area (Å²) >= 11 is 3.67. The van der Waals surface area contributed by atoms with Gasteiger partial charge in [0.1, 0.15) is 5.75 Å². The van der Waals surface area contributed by atoms with Gasteiger partial charge in [-0.3, -0.25) is 0 Å². The molecule has 0 aromatic heterocycles. The molecule has 20 heavy (non-hydrogen) atoms. The number of methoxy groups -OCH3 is 1. The molecule has 2 atom stereocenters. The molecule has 0 aliphatic carbocycles. The van der Waals surface area contributed by atoms with E-state index in [-0.39, 0.29) is 0 Å². The molecule has 0 heterocycles. The molecule has 0 fully saturated rings. The van der Waals surface area contributed by atoms with Gasteiger partial charge in [-0.05, 0) is 43.1 Å². The van der Waals surface area contributed by atoms with E-state index >= 15 is 0 Å². The molecule has 0 aliphatic rings. The number of halogens is 1. The van der Waals surface area contributed by atoms with E-state index in [1.807, 2.05) is 13.1 Å². The van der Waals surface area contributed by atoms with E-state index in [2.05, 4.69) is 47.2 Å². The molecule has 0 aliphatic heterocycles. The molecule has 114 valence electrons. The topological polar surface area (TPSA) is 21.3 Å². The van der Waals surface area contributed by atoms with Crippen molar-refractivity contribution in [2.45, 2.75) is 52.0 Å². The summed E-state index contributed by atoms with van der Waals surface area (Å²) in [7, 11) is 3.76. The average molecular weight is 342 g/mol. The maximum absolute atomic E-state index is 5.35. The van der Waals surface area contributed by atoms with Crippen molar-refractivity contribution >= 4 is 15.9 Å². The Morgan fingerprint density at radius 3 is 2.60 bits per heavy atom. The Labute approximate surface area is 132 Å². The molecule has 0 amide bonds. The molecule has 0 saturated carbocycles. The highest BCUT2D eigenvalue weighted by molar-refractivity contribution is 9.10. The maximum Gasteiger partial charge on any atom is 0.119 e. The normalized spacial score (nSPS) is 14.1. The molecule has 2 unspecified atom stereocenters. The smallest absolute Gasteiger partial charge is 0.119 e. The number of rotatable bonds is 9. The van der Waals surface area contributed by atoms with Gasteiger partial charge >= 0.3 is 0 Å². The second kappa shape index (κ2) is 9.41. The van der Waals surface area contributed by atoms with Crippen LogP contribution in [0.2, 0.25) is 0 Å². The molecule has 1 aromatic rings. The first-order valence-corrected chi connectivity index (χ1v) is 8.46. The van der Waals surface area contributed by atoms with Crippen LogP contribution in [0.15, 0.2) is 22.7 Å². The number of benzene rings is 1. The lowest BCUT2D eigenvalue weighted by Gasteiger charge is -2.24. The van der Waals surface area contributed by atoms with Gasteiger partial charge in [-0.25, -0.2) is 0 Å². The summed E-state index contributed by atoms with van der Waals surface area (Å²) in [6.07, 6.45) is 6.36. The van der Waals surface area contributed by atoms with Crippen molar-refractivity contribution in [3.8, 4) is 5.75 Å². The Hall–Kier alpha value is -0.540. The molecule has 1 aromatic carbocycles. The van der Waals surface area contributed by atoms with E-state index in [4.69, 9.17) is 4.74 Å². The van der Waals surface area contributed by atoms with Crippen molar-refractivity contribution in [2.24, 2.45) is 5.92 Å². The minimum atomic E-state index is 0.376. The van der Waals surface area contributed by atoms with Crippen LogP contribution in [0.5, 0.6) is 5.75 Å². The maximum atomic E-state index is 5.35. The van der Waals surface area contributed by atoms with Crippen molar-refractivity contribution in [3.05, 3.63) is 28.2 Å². The molecular weight excluding hydrogens is 314 g/mol. The van der Waals surface area contributed by atoms with E-state index in [0.717, 1.165) is 16.1 Å². The first-order valence-electron chi connectivity index (χ1n) is 7.66. The lowest BCUT2D eigenvalue weighted by molar-refractivity contribution is 0.362. The standard InChI is InChI=1S/C17H28BrNO/c1-5-7-8-13(6-2)11-17(19-3)15-12-14(20-4)9-10-16(15)18/h9-10,12-13,17,19H,5-8,11H2,1-4H3. The summed E-state index contributed by atoms with van der Waals surface area (Å²) in [5.74, 6) is 1.70. The summed E-state index contributed by atoms with van der Waals surface area (Å²) in [6.45, 7) is 4.56. The lowest BCUT2D eigenvalue weighted by atomic mass is 9.89. The van der Waals surface area contributed by atoms with Crippen LogP contribution in [0.1, 0.15) is 57.6 Å². The van der Waals surface area contributed by atoms with E-state index in [0.29, 0.717) is 6.04 Å². The van der Waals surface area contributed by atoms with Gasteiger partial charge < -0.3 is 10.1 Å². The second-order valence-electron chi connectivity index (χ2n) is 5.38. The van der Waals surface area contributed by atoms with Gasteiger partial charge in [-0.1, -0.05) is 55.5 Å². The van der Waals surface area contributed by atoms with Crippen LogP contribution in [0.4, 0.5) is 0 Å². The molecule has 0 radical (unpaired) electrons. The van der Waals surface area contributed by atoms with Crippen LogP contribution < -0.4 is 10.1 Å². The van der Waals surface area contributed by atoms with Crippen LogP contribution in [-0.4, -0.2) is 14.2 Å². The summed E-state index contributed by atoms with van der Waals surface area (Å²) < 4.78 is 6.51. The molecule has 0 bridgehead atoms. The summed E-state index contributed by atoms with van der Waals surface area (Å²) in [6, 6.07) is 6.58. The van der Waals surface area contributed by atoms with Crippen molar-refractivity contribution in [2.75, 3.05) is 14.2 Å². The van der Waals surface area contributed by atoms with Gasteiger partial charge in [-0.2, -0.15) is 0 Å². The monoisotopic (exact) mass is 341 g/mol. The minimum Gasteiger partial charge on any atom is -0.497 e. The highest BCUT2D eigenvalue weighted by Crippen LogP contribution is 2.33. The van der Waals surface area contributed by atoms with Crippen LogP contribution in [0.3, 0.4) is 0 Å². The first kappa shape index (κ1) is 17.5. The van der Waals surface area contributed by atoms with Crippen LogP contribution in [-0.2, 0) is 0 Å². The molecule has 0 saturated heterocycles. The van der Waals surface area contributed by atoms with Crippen molar-refractivity contribution < 1.29 is 4.74 Å². The number of nitrogens with one attached hydrogen (secondary N) is 1. The number of unbranched alkanes of at least 4 members (excludes halogenated alkanes) is 1. The average Bonchev–Trinajstić information content (AvgIpc) is 2.48. The summed E-state index contributed by atoms with van der Waals surface area (Å²) in [5, 5.41) is 3.47. The van der Waals surface area contributed by atoms with Crippen molar-refractivity contribution in [1.82, 2.24) is 5.32 Å². The SMILES string of the molecule is CCCCC(CC)CC(NC)c1cc(OC)ccc1Br. The predicted octanol–water partition coefficient (Wildman–Crippen LogP) is 5.32. The Morgan fingerprint density at radius 1 is 1.30 bits per heavy atom. The van der Waals surface area contributed by atoms with Crippen molar-refractivity contribution in [3.63, 3.8) is 0 Å². The van der Waals surface area contributed by atoms with Crippen LogP contribution in [0.25, 0.3) is 0 Å². The second-order valence-corrected chi connectivity index (χ2v) is 6.24. The van der Waals surface area contributed by atoms with Gasteiger partial charge in [0.25, 0.3) is 0 Å². The zero-order valence-corrected chi connectivity index (χ0v) is 14.8. The molecular formula is C17H28BrNO. The van der Waals surface area contributed by atoms with E-state index in [9.17, 15) is 0 Å². The highest BCUT2D eigenvalue weighted by atomic mass is 79.9. The van der Waals surface area contributed by atoms with Gasteiger partial charge in [-0.15, -0.1) is 0 Å². The highest BCUT2D eigenvalue weighted by Gasteiger charge is 2.18. The van der Waals surface area contributed by atoms with Crippen LogP contribution in [0, 0.1) is 5.92 Å². The molecule has 2 nitrogen and oxygen atoms in total. The minimum absolute atomic E-state index is 0.376. The Balaban J connectivity index is 2.83. The summed E-state index contributed by atoms with van der Waals surface area (Å²) in [5.41, 5.74) is 1.29. The van der Waals surface area contributed by atoms with E-state index in [1.54, 1.807) is 7.11 Å². The van der Waals surface area contributed by atoms with E-state index in [1.165, 1.54) is 37.7 Å². The Kier molecular flexibility index (Phi) is 8.24. The van der Waals surface area contributed by atoms with Gasteiger partial charge in [0, 0.05) is 10.5 Å². The largest absolute Gasteiger partial charge is 0.497 e. The molecule has 0 spiro atoms. The fourth-order valence-corrected chi connectivity index (χ4v) is 3.15. The molecule has 1 N–H and O–H groups in total. The Morgan fingerprint density at radius 2 is 2.05 bits per heavy atom. The first-order chi connectivity index (χ1) is 9.65. The Bertz CT molecular complexity index is 395. The van der Waals surface area contributed by atoms with Gasteiger partial charge in [0.05, 0.1) is 7.11 Å². The fraction of sp³-hybridized carbons (Fsp3) is 0.647. The van der Waals surface area contributed by atoms with E-state index < -0.39 is 0 Å². The number of hydrogen-bond donors (Lipinski definition) is 1. The lowest BCUT2D eigenvalue weighted by Crippen LogP contribution is -2.20. The molecule has 3 heteroatoms. The number of hydrogen-bond acceptors (Lipinski definition) is 2. The van der Waals surface area contributed by atoms with Gasteiger partial charge in [0.2, 0.25) is 0 Å². The predicted molar refractivity (Wildman–Crippen MR) is 90.4 cm³/mol. The zero-order chi connectivity index (χ0) is 15.0. The third kappa shape index (κ3) is 5.10. The third-order valence-corrected chi connectivity index (χ3v) is 4.76. The third-order valence-electron chi connectivity index (χ3n) is 4.04. The fourth-order valence-electron chi connectivity index (χ4n) is 2.63. The summed E-state index contributed by atoms with van der Waals surface area (Å²) in [4.78, 5) is 0. The van der Waals surface area contributed by atoms with Crippen LogP contribution >= 0.6 is 15.9 Å². The quantitative estimate of drug-likeness (QED) is 0.655. The number of ether oxygens (including phenoxy) is 1. The van der Waals surface area contributed by atoms with Gasteiger partial charge in [0.15, 0.2) is 0 Å². The van der Waals surface area contributed by atoms with Crippen molar-refractivity contribution in [1.29, 1.82) is 0 Å². The zero-order valence-electron chi connectivity index (χ0n) is 13.2.